The molecule has 1 N–H and O–H groups in total. The van der Waals surface area contributed by atoms with Gasteiger partial charge >= 0.3 is 0 Å². The first-order valence-electron chi connectivity index (χ1n) is 8.59. The first-order chi connectivity index (χ1) is 11.5. The van der Waals surface area contributed by atoms with Gasteiger partial charge in [-0.05, 0) is 68.0 Å². The van der Waals surface area contributed by atoms with Crippen molar-refractivity contribution in [1.82, 2.24) is 9.62 Å². The number of rotatable bonds is 2. The molecule has 2 aliphatic heterocycles. The molecule has 0 bridgehead atoms. The van der Waals surface area contributed by atoms with Crippen LogP contribution in [0.3, 0.4) is 0 Å². The third kappa shape index (κ3) is 2.48. The van der Waals surface area contributed by atoms with Gasteiger partial charge in [-0.1, -0.05) is 12.1 Å². The summed E-state index contributed by atoms with van der Waals surface area (Å²) in [5.74, 6) is 0.0274. The average molecular weight is 346 g/mol. The van der Waals surface area contributed by atoms with Crippen molar-refractivity contribution in [2.24, 2.45) is 5.41 Å². The minimum absolute atomic E-state index is 0.0274. The molecule has 3 aliphatic rings. The number of hydrogen-bond donors (Lipinski definition) is 1. The monoisotopic (exact) mass is 346 g/mol. The molecule has 128 valence electrons. The summed E-state index contributed by atoms with van der Waals surface area (Å²) in [7, 11) is -3.47. The van der Waals surface area contributed by atoms with Crippen molar-refractivity contribution in [1.29, 1.82) is 0 Å². The highest BCUT2D eigenvalue weighted by atomic mass is 32.2. The van der Waals surface area contributed by atoms with E-state index in [0.717, 1.165) is 19.3 Å². The van der Waals surface area contributed by atoms with Gasteiger partial charge in [0, 0.05) is 13.1 Å². The highest BCUT2D eigenvalue weighted by Gasteiger charge is 2.43. The Kier molecular flexibility index (Phi) is 3.77. The SMILES string of the molecule is O=C1NC=CCC12CCN(S(=O)(=O)c1ccc3c(c1)CCC3)CC2. The van der Waals surface area contributed by atoms with Gasteiger partial charge in [0.15, 0.2) is 0 Å². The number of piperidine rings is 1. The van der Waals surface area contributed by atoms with Gasteiger partial charge in [-0.3, -0.25) is 4.79 Å². The van der Waals surface area contributed by atoms with E-state index in [4.69, 9.17) is 0 Å². The van der Waals surface area contributed by atoms with Crippen LogP contribution in [0.2, 0.25) is 0 Å². The van der Waals surface area contributed by atoms with Gasteiger partial charge in [0.25, 0.3) is 0 Å². The second-order valence-electron chi connectivity index (χ2n) is 7.05. The van der Waals surface area contributed by atoms with E-state index >= 15 is 0 Å². The van der Waals surface area contributed by atoms with Crippen molar-refractivity contribution >= 4 is 15.9 Å². The Morgan fingerprint density at radius 3 is 2.58 bits per heavy atom. The average Bonchev–Trinajstić information content (AvgIpc) is 3.06. The number of sulfonamides is 1. The summed E-state index contributed by atoms with van der Waals surface area (Å²) in [5.41, 5.74) is 2.01. The predicted molar refractivity (Wildman–Crippen MR) is 90.8 cm³/mol. The predicted octanol–water partition coefficient (Wildman–Crippen LogP) is 1.98. The molecule has 0 radical (unpaired) electrons. The zero-order valence-electron chi connectivity index (χ0n) is 13.6. The molecule has 6 heteroatoms. The summed E-state index contributed by atoms with van der Waals surface area (Å²) in [6.45, 7) is 0.807. The summed E-state index contributed by atoms with van der Waals surface area (Å²) in [4.78, 5) is 12.6. The molecule has 1 aromatic rings. The third-order valence-electron chi connectivity index (χ3n) is 5.71. The molecule has 1 spiro atoms. The van der Waals surface area contributed by atoms with Crippen LogP contribution < -0.4 is 5.32 Å². The lowest BCUT2D eigenvalue weighted by atomic mass is 9.74. The molecule has 1 saturated heterocycles. The van der Waals surface area contributed by atoms with Crippen LogP contribution in [0.25, 0.3) is 0 Å². The Morgan fingerprint density at radius 2 is 1.83 bits per heavy atom. The van der Waals surface area contributed by atoms with E-state index in [1.165, 1.54) is 11.1 Å². The van der Waals surface area contributed by atoms with Crippen LogP contribution in [0.4, 0.5) is 0 Å². The molecule has 0 saturated carbocycles. The number of amides is 1. The van der Waals surface area contributed by atoms with Crippen molar-refractivity contribution in [2.45, 2.75) is 43.4 Å². The van der Waals surface area contributed by atoms with Crippen molar-refractivity contribution in [3.8, 4) is 0 Å². The van der Waals surface area contributed by atoms with E-state index in [2.05, 4.69) is 5.32 Å². The lowest BCUT2D eigenvalue weighted by molar-refractivity contribution is -0.132. The van der Waals surface area contributed by atoms with Gasteiger partial charge in [0.05, 0.1) is 10.3 Å². The molecule has 0 atom stereocenters. The maximum absolute atomic E-state index is 13.0. The maximum Gasteiger partial charge on any atom is 0.243 e. The topological polar surface area (TPSA) is 66.5 Å². The Morgan fingerprint density at radius 1 is 1.08 bits per heavy atom. The number of hydrogen-bond acceptors (Lipinski definition) is 3. The molecule has 0 unspecified atom stereocenters. The van der Waals surface area contributed by atoms with E-state index in [-0.39, 0.29) is 5.91 Å². The lowest BCUT2D eigenvalue weighted by Crippen LogP contribution is -2.50. The van der Waals surface area contributed by atoms with E-state index in [1.54, 1.807) is 16.6 Å². The van der Waals surface area contributed by atoms with Gasteiger partial charge in [-0.25, -0.2) is 8.42 Å². The molecule has 24 heavy (non-hydrogen) atoms. The summed E-state index contributed by atoms with van der Waals surface area (Å²) in [5, 5.41) is 2.77. The molecule has 1 fully saturated rings. The van der Waals surface area contributed by atoms with Crippen molar-refractivity contribution in [3.05, 3.63) is 41.6 Å². The Balaban J connectivity index is 1.54. The number of nitrogens with zero attached hydrogens (tertiary/aromatic N) is 1. The zero-order chi connectivity index (χ0) is 16.8. The Labute approximate surface area is 142 Å². The summed E-state index contributed by atoms with van der Waals surface area (Å²) in [6, 6.07) is 5.54. The van der Waals surface area contributed by atoms with Crippen molar-refractivity contribution in [3.63, 3.8) is 0 Å². The van der Waals surface area contributed by atoms with Crippen LogP contribution in [-0.2, 0) is 27.7 Å². The highest BCUT2D eigenvalue weighted by molar-refractivity contribution is 7.89. The second kappa shape index (κ2) is 5.70. The summed E-state index contributed by atoms with van der Waals surface area (Å²) in [6.07, 6.45) is 8.62. The molecule has 1 aliphatic carbocycles. The minimum atomic E-state index is -3.47. The number of carbonyl (C=O) groups is 1. The normalized spacial score (nSPS) is 23.2. The molecule has 0 aromatic heterocycles. The Hall–Kier alpha value is -1.66. The largest absolute Gasteiger partial charge is 0.333 e. The molecular formula is C18H22N2O3S. The standard InChI is InChI=1S/C18H22N2O3S/c21-17-18(7-2-10-19-17)8-11-20(12-9-18)24(22,23)16-6-5-14-3-1-4-15(14)13-16/h2,5-6,10,13H,1,3-4,7-9,11-12H2,(H,19,21). The fraction of sp³-hybridized carbons (Fsp3) is 0.500. The Bertz CT molecular complexity index is 806. The van der Waals surface area contributed by atoms with E-state index < -0.39 is 15.4 Å². The quantitative estimate of drug-likeness (QED) is 0.890. The number of nitrogens with one attached hydrogen (secondary N) is 1. The maximum atomic E-state index is 13.0. The number of benzene rings is 1. The zero-order valence-corrected chi connectivity index (χ0v) is 14.4. The third-order valence-corrected chi connectivity index (χ3v) is 7.60. The van der Waals surface area contributed by atoms with Crippen molar-refractivity contribution in [2.75, 3.05) is 13.1 Å². The minimum Gasteiger partial charge on any atom is -0.333 e. The fourth-order valence-corrected chi connectivity index (χ4v) is 5.60. The van der Waals surface area contributed by atoms with E-state index in [1.807, 2.05) is 18.2 Å². The molecule has 4 rings (SSSR count). The first kappa shape index (κ1) is 15.8. The van der Waals surface area contributed by atoms with Crippen LogP contribution in [0.1, 0.15) is 36.8 Å². The summed E-state index contributed by atoms with van der Waals surface area (Å²) >= 11 is 0. The van der Waals surface area contributed by atoms with Gasteiger partial charge in [0.1, 0.15) is 0 Å². The second-order valence-corrected chi connectivity index (χ2v) is 8.99. The van der Waals surface area contributed by atoms with Crippen LogP contribution in [0.5, 0.6) is 0 Å². The smallest absolute Gasteiger partial charge is 0.243 e. The van der Waals surface area contributed by atoms with Gasteiger partial charge < -0.3 is 5.32 Å². The molecule has 1 amide bonds. The number of allylic oxidation sites excluding steroid dienone is 1. The van der Waals surface area contributed by atoms with Crippen LogP contribution >= 0.6 is 0 Å². The molecule has 1 aromatic carbocycles. The molecule has 2 heterocycles. The molecule has 5 nitrogen and oxygen atoms in total. The van der Waals surface area contributed by atoms with E-state index in [0.29, 0.717) is 37.2 Å². The van der Waals surface area contributed by atoms with Crippen LogP contribution in [0.15, 0.2) is 35.4 Å². The van der Waals surface area contributed by atoms with E-state index in [9.17, 15) is 13.2 Å². The van der Waals surface area contributed by atoms with Gasteiger partial charge in [-0.2, -0.15) is 4.31 Å². The van der Waals surface area contributed by atoms with Gasteiger partial charge in [0.2, 0.25) is 15.9 Å². The highest BCUT2D eigenvalue weighted by Crippen LogP contribution is 2.39. The summed E-state index contributed by atoms with van der Waals surface area (Å²) < 4.78 is 27.4. The fourth-order valence-electron chi connectivity index (χ4n) is 4.11. The van der Waals surface area contributed by atoms with Gasteiger partial charge in [-0.15, -0.1) is 0 Å². The van der Waals surface area contributed by atoms with Crippen LogP contribution in [0, 0.1) is 5.41 Å². The first-order valence-corrected chi connectivity index (χ1v) is 10.0. The number of carbonyl (C=O) groups excluding carboxylic acids is 1. The van der Waals surface area contributed by atoms with Crippen LogP contribution in [-0.4, -0.2) is 31.7 Å². The van der Waals surface area contributed by atoms with Crippen molar-refractivity contribution < 1.29 is 13.2 Å². The lowest BCUT2D eigenvalue weighted by Gasteiger charge is -2.40. The molecular weight excluding hydrogens is 324 g/mol. The number of fused-ring (bicyclic) bond motifs is 1. The number of aryl methyl sites for hydroxylation is 2.